The fraction of sp³-hybridized carbons (Fsp3) is 0.0571. The summed E-state index contributed by atoms with van der Waals surface area (Å²) in [7, 11) is 0. The second-order valence-corrected chi connectivity index (χ2v) is 39.5. The molecule has 26 rings (SSSR count). The summed E-state index contributed by atoms with van der Waals surface area (Å²) in [6.45, 7) is 8.93. The van der Waals surface area contributed by atoms with Crippen molar-refractivity contribution in [2.24, 2.45) is 0 Å². The largest absolute Gasteiger partial charge is 0.311 e. The molecule has 4 heterocycles. The Morgan fingerprint density at radius 3 is 0.411 bits per heavy atom. The Bertz CT molecular complexity index is 7090. The van der Waals surface area contributed by atoms with Crippen LogP contribution >= 0.6 is 0 Å². The summed E-state index contributed by atoms with van der Waals surface area (Å²) < 4.78 is 0. The van der Waals surface area contributed by atoms with E-state index in [9.17, 15) is 0 Å². The zero-order chi connectivity index (χ0) is 97.9. The average Bonchev–Trinajstić information content (AvgIpc) is 0.691. The molecule has 0 aromatic heterocycles. The molecule has 692 valence electrons. The Hall–Kier alpha value is -17.8. The molecule has 0 unspecified atom stereocenters. The van der Waals surface area contributed by atoms with Crippen LogP contribution in [0.15, 0.2) is 570 Å². The van der Waals surface area contributed by atoms with Gasteiger partial charge >= 0.3 is 0 Å². The van der Waals surface area contributed by atoms with Crippen molar-refractivity contribution in [3.05, 3.63) is 682 Å². The van der Waals surface area contributed by atoms with Gasteiger partial charge in [-0.1, -0.05) is 473 Å². The van der Waals surface area contributed by atoms with Crippen molar-refractivity contribution >= 4 is 114 Å². The highest BCUT2D eigenvalue weighted by Gasteiger charge is 2.49. The summed E-state index contributed by atoms with van der Waals surface area (Å²) in [6.07, 6.45) is 0. The lowest BCUT2D eigenvalue weighted by atomic mass is 9.33. The predicted octanol–water partition coefficient (Wildman–Crippen LogP) is 30.3. The average molecular weight is 1870 g/mol. The van der Waals surface area contributed by atoms with Crippen LogP contribution in [0.2, 0.25) is 0 Å². The maximum Gasteiger partial charge on any atom is 0.252 e. The van der Waals surface area contributed by atoms with E-state index < -0.39 is 21.7 Å². The lowest BCUT2D eigenvalue weighted by molar-refractivity contribution is 0.745. The molecule has 22 aromatic rings. The summed E-state index contributed by atoms with van der Waals surface area (Å²) in [5.41, 5.74) is 44.3. The standard InChI is InChI=1S/2C70H53BN2/c2*1-50-36-46-62-66(48-50)72(60-42-38-58(39-43-60)69(52-22-9-3-10-23-52,53-24-11-4-12-25-53)54-26-13-5-14-27-54)64-34-21-35-65-68(64)71(62)63-47-37-51(2)49-67(63)73(65)61-44-40-59(41-45-61)70(55-28-15-6-16-29-55,56-30-17-7-18-31-56)57-32-19-8-20-33-57/h2*3-49H,1-2H3. The van der Waals surface area contributed by atoms with Gasteiger partial charge in [0, 0.05) is 68.2 Å². The first-order valence-electron chi connectivity index (χ1n) is 51.1. The zero-order valence-corrected chi connectivity index (χ0v) is 82.2. The molecule has 0 aliphatic carbocycles. The normalized spacial score (nSPS) is 12.7. The smallest absolute Gasteiger partial charge is 0.252 e. The number of benzene rings is 22. The molecule has 4 nitrogen and oxygen atoms in total. The lowest BCUT2D eigenvalue weighted by Crippen LogP contribution is -2.61. The molecule has 0 fully saturated rings. The van der Waals surface area contributed by atoms with E-state index in [2.05, 4.69) is 618 Å². The van der Waals surface area contributed by atoms with Gasteiger partial charge in [0.1, 0.15) is 0 Å². The maximum absolute atomic E-state index is 2.52. The van der Waals surface area contributed by atoms with Gasteiger partial charge in [-0.25, -0.2) is 0 Å². The predicted molar refractivity (Wildman–Crippen MR) is 613 cm³/mol. The van der Waals surface area contributed by atoms with Crippen molar-refractivity contribution in [3.63, 3.8) is 0 Å². The summed E-state index contributed by atoms with van der Waals surface area (Å²) in [6, 6.07) is 212. The van der Waals surface area contributed by atoms with Gasteiger partial charge in [-0.3, -0.25) is 0 Å². The van der Waals surface area contributed by atoms with E-state index in [0.29, 0.717) is 0 Å². The molecule has 4 aliphatic heterocycles. The van der Waals surface area contributed by atoms with E-state index in [0.717, 1.165) is 22.7 Å². The third-order valence-corrected chi connectivity index (χ3v) is 31.3. The van der Waals surface area contributed by atoms with Crippen LogP contribution in [0.3, 0.4) is 0 Å². The van der Waals surface area contributed by atoms with Crippen molar-refractivity contribution in [1.29, 1.82) is 0 Å². The fourth-order valence-corrected chi connectivity index (χ4v) is 25.1. The highest BCUT2D eigenvalue weighted by molar-refractivity contribution is 7.01. The van der Waals surface area contributed by atoms with Crippen molar-refractivity contribution in [2.75, 3.05) is 19.6 Å². The van der Waals surface area contributed by atoms with Gasteiger partial charge in [-0.05, 0) is 269 Å². The topological polar surface area (TPSA) is 13.0 Å². The second kappa shape index (κ2) is 37.6. The molecule has 6 heteroatoms. The molecule has 0 saturated carbocycles. The van der Waals surface area contributed by atoms with Gasteiger partial charge in [0.15, 0.2) is 0 Å². The minimum Gasteiger partial charge on any atom is -0.311 e. The SMILES string of the molecule is Cc1ccc2c(c1)N(c1ccc(C(c3ccccc3)(c3ccccc3)c3ccccc3)cc1)c1cccc3c1B2c1ccc(C)cc1N3c1ccc(C(c2ccccc2)(c2ccccc2)c2ccccc2)cc1.Cc1ccc2c(c1)N(c1ccc(C(c3ccccc3)(c3ccccc3)c3ccccc3)cc1)c1cccc3c1B2c1ccc(C)cc1N3c1ccc(C(c2ccccc2)(c2ccccc2)c2ccccc2)cc1. The molecule has 0 spiro atoms. The number of aryl methyl sites for hydroxylation is 4. The van der Waals surface area contributed by atoms with Crippen LogP contribution in [0.5, 0.6) is 0 Å². The highest BCUT2D eigenvalue weighted by Crippen LogP contribution is 2.55. The van der Waals surface area contributed by atoms with Gasteiger partial charge in [0.2, 0.25) is 0 Å². The number of nitrogens with zero attached hydrogens (tertiary/aromatic N) is 4. The summed E-state index contributed by atoms with van der Waals surface area (Å²) in [5, 5.41) is 0. The third kappa shape index (κ3) is 14.7. The first-order valence-corrected chi connectivity index (χ1v) is 51.1. The summed E-state index contributed by atoms with van der Waals surface area (Å²) in [5.74, 6) is 0. The van der Waals surface area contributed by atoms with E-state index in [-0.39, 0.29) is 13.4 Å². The van der Waals surface area contributed by atoms with Gasteiger partial charge in [0.05, 0.1) is 21.7 Å². The minimum atomic E-state index is -0.545. The molecular weight excluding hydrogens is 1760 g/mol. The molecular formula is C140H106B2N4. The Balaban J connectivity index is 0.000000152. The summed E-state index contributed by atoms with van der Waals surface area (Å²) in [4.78, 5) is 10.1. The van der Waals surface area contributed by atoms with E-state index in [1.165, 1.54) is 190 Å². The molecule has 0 radical (unpaired) electrons. The van der Waals surface area contributed by atoms with E-state index in [4.69, 9.17) is 0 Å². The van der Waals surface area contributed by atoms with E-state index in [1.54, 1.807) is 0 Å². The lowest BCUT2D eigenvalue weighted by Gasteiger charge is -2.44. The number of fused-ring (bicyclic) bond motifs is 8. The van der Waals surface area contributed by atoms with Crippen molar-refractivity contribution < 1.29 is 0 Å². The minimum absolute atomic E-state index is 0.0345. The maximum atomic E-state index is 2.52. The van der Waals surface area contributed by atoms with Crippen LogP contribution < -0.4 is 52.4 Å². The molecule has 0 N–H and O–H groups in total. The number of rotatable bonds is 20. The van der Waals surface area contributed by atoms with Crippen LogP contribution in [0.4, 0.5) is 68.2 Å². The molecule has 22 aromatic carbocycles. The number of hydrogen-bond donors (Lipinski definition) is 0. The van der Waals surface area contributed by atoms with Gasteiger partial charge in [0.25, 0.3) is 13.4 Å². The van der Waals surface area contributed by atoms with Crippen LogP contribution in [-0.2, 0) is 21.7 Å². The molecule has 4 aliphatic rings. The second-order valence-electron chi connectivity index (χ2n) is 39.5. The van der Waals surface area contributed by atoms with Crippen molar-refractivity contribution in [2.45, 2.75) is 49.4 Å². The van der Waals surface area contributed by atoms with Crippen LogP contribution in [0.1, 0.15) is 111 Å². The Kier molecular flexibility index (Phi) is 23.0. The van der Waals surface area contributed by atoms with Crippen molar-refractivity contribution in [3.8, 4) is 0 Å². The van der Waals surface area contributed by atoms with Crippen LogP contribution in [0.25, 0.3) is 0 Å². The molecule has 0 atom stereocenters. The molecule has 0 amide bonds. The van der Waals surface area contributed by atoms with Crippen molar-refractivity contribution in [1.82, 2.24) is 0 Å². The molecule has 0 bridgehead atoms. The Labute approximate surface area is 858 Å². The number of hydrogen-bond acceptors (Lipinski definition) is 4. The monoisotopic (exact) mass is 1860 g/mol. The number of anilines is 12. The quantitative estimate of drug-likeness (QED) is 0.0557. The van der Waals surface area contributed by atoms with Gasteiger partial charge < -0.3 is 19.6 Å². The molecule has 146 heavy (non-hydrogen) atoms. The highest BCUT2D eigenvalue weighted by atomic mass is 15.2. The first kappa shape index (κ1) is 89.5. The van der Waals surface area contributed by atoms with Gasteiger partial charge in [-0.2, -0.15) is 0 Å². The first-order chi connectivity index (χ1) is 72.1. The van der Waals surface area contributed by atoms with E-state index in [1.807, 2.05) is 0 Å². The third-order valence-electron chi connectivity index (χ3n) is 31.3. The Morgan fingerprint density at radius 1 is 0.130 bits per heavy atom. The van der Waals surface area contributed by atoms with Gasteiger partial charge in [-0.15, -0.1) is 0 Å². The van der Waals surface area contributed by atoms with Crippen LogP contribution in [-0.4, -0.2) is 13.4 Å². The van der Waals surface area contributed by atoms with E-state index >= 15 is 0 Å². The van der Waals surface area contributed by atoms with Crippen LogP contribution in [0, 0.1) is 27.7 Å². The Morgan fingerprint density at radius 2 is 0.267 bits per heavy atom. The molecule has 0 saturated heterocycles. The fourth-order valence-electron chi connectivity index (χ4n) is 25.1. The summed E-state index contributed by atoms with van der Waals surface area (Å²) >= 11 is 0. The zero-order valence-electron chi connectivity index (χ0n) is 82.2.